The average Bonchev–Trinajstić information content (AvgIpc) is 2.38. The lowest BCUT2D eigenvalue weighted by molar-refractivity contribution is -0.137. The van der Waals surface area contributed by atoms with Crippen LogP contribution in [-0.4, -0.2) is 8.42 Å². The van der Waals surface area contributed by atoms with Gasteiger partial charge in [-0.05, 0) is 37.3 Å². The number of rotatable bonds is 2. The summed E-state index contributed by atoms with van der Waals surface area (Å²) in [6.45, 7) is 1.79. The van der Waals surface area contributed by atoms with Crippen LogP contribution in [0.1, 0.15) is 11.1 Å². The van der Waals surface area contributed by atoms with Crippen LogP contribution in [0.25, 0.3) is 0 Å². The molecule has 20 heavy (non-hydrogen) atoms. The Bertz CT molecular complexity index is 717. The van der Waals surface area contributed by atoms with Gasteiger partial charge in [0.1, 0.15) is 0 Å². The molecule has 2 aromatic carbocycles. The molecule has 0 amide bonds. The van der Waals surface area contributed by atoms with Crippen molar-refractivity contribution in [2.45, 2.75) is 22.9 Å². The molecule has 0 aliphatic carbocycles. The van der Waals surface area contributed by atoms with Crippen molar-refractivity contribution in [2.24, 2.45) is 0 Å². The Morgan fingerprint density at radius 3 is 2.05 bits per heavy atom. The summed E-state index contributed by atoms with van der Waals surface area (Å²) in [5.41, 5.74) is -0.112. The van der Waals surface area contributed by atoms with E-state index in [1.54, 1.807) is 19.1 Å². The third-order valence-electron chi connectivity index (χ3n) is 2.80. The molecule has 0 bridgehead atoms. The molecule has 2 nitrogen and oxygen atoms in total. The van der Waals surface area contributed by atoms with Gasteiger partial charge >= 0.3 is 6.18 Å². The van der Waals surface area contributed by atoms with Crippen molar-refractivity contribution in [3.63, 3.8) is 0 Å². The fourth-order valence-corrected chi connectivity index (χ4v) is 3.00. The van der Waals surface area contributed by atoms with Crippen LogP contribution < -0.4 is 0 Å². The van der Waals surface area contributed by atoms with E-state index in [0.717, 1.165) is 23.8 Å². The zero-order valence-electron chi connectivity index (χ0n) is 10.5. The van der Waals surface area contributed by atoms with E-state index >= 15 is 0 Å². The summed E-state index contributed by atoms with van der Waals surface area (Å²) in [5, 5.41) is 0. The Balaban J connectivity index is 2.53. The lowest BCUT2D eigenvalue weighted by atomic mass is 10.2. The summed E-state index contributed by atoms with van der Waals surface area (Å²) in [6.07, 6.45) is -4.57. The highest BCUT2D eigenvalue weighted by molar-refractivity contribution is 7.91. The molecule has 0 spiro atoms. The standard InChI is InChI=1S/C14H11F3O2S/c1-10-5-7-12(8-6-10)20(18,19)13-4-2-3-11(9-13)14(15,16)17/h2-9H,1H3. The maximum absolute atomic E-state index is 12.6. The van der Waals surface area contributed by atoms with Crippen LogP contribution in [0.2, 0.25) is 0 Å². The summed E-state index contributed by atoms with van der Waals surface area (Å²) < 4.78 is 62.4. The minimum absolute atomic E-state index is 0.0255. The van der Waals surface area contributed by atoms with E-state index in [-0.39, 0.29) is 9.79 Å². The Morgan fingerprint density at radius 1 is 0.900 bits per heavy atom. The van der Waals surface area contributed by atoms with Crippen molar-refractivity contribution in [1.29, 1.82) is 0 Å². The largest absolute Gasteiger partial charge is 0.416 e. The second kappa shape index (κ2) is 4.94. The van der Waals surface area contributed by atoms with Gasteiger partial charge in [-0.2, -0.15) is 13.2 Å². The molecule has 106 valence electrons. The van der Waals surface area contributed by atoms with E-state index in [4.69, 9.17) is 0 Å². The van der Waals surface area contributed by atoms with E-state index in [2.05, 4.69) is 0 Å². The highest BCUT2D eigenvalue weighted by Gasteiger charge is 2.31. The lowest BCUT2D eigenvalue weighted by Gasteiger charge is -2.09. The van der Waals surface area contributed by atoms with Crippen LogP contribution in [0.3, 0.4) is 0 Å². The number of sulfone groups is 1. The second-order valence-electron chi connectivity index (χ2n) is 4.34. The SMILES string of the molecule is Cc1ccc(S(=O)(=O)c2cccc(C(F)(F)F)c2)cc1. The van der Waals surface area contributed by atoms with E-state index < -0.39 is 21.6 Å². The van der Waals surface area contributed by atoms with E-state index in [9.17, 15) is 21.6 Å². The molecule has 0 fully saturated rings. The van der Waals surface area contributed by atoms with Gasteiger partial charge in [0.2, 0.25) is 9.84 Å². The minimum Gasteiger partial charge on any atom is -0.219 e. The molecule has 0 N–H and O–H groups in total. The Kier molecular flexibility index (Phi) is 3.60. The summed E-state index contributed by atoms with van der Waals surface area (Å²) >= 11 is 0. The van der Waals surface area contributed by atoms with Gasteiger partial charge in [0, 0.05) is 0 Å². The molecule has 0 aromatic heterocycles. The number of alkyl halides is 3. The van der Waals surface area contributed by atoms with Crippen LogP contribution in [0.4, 0.5) is 13.2 Å². The van der Waals surface area contributed by atoms with Crippen molar-refractivity contribution in [1.82, 2.24) is 0 Å². The van der Waals surface area contributed by atoms with Crippen molar-refractivity contribution < 1.29 is 21.6 Å². The fourth-order valence-electron chi connectivity index (χ4n) is 1.69. The molecule has 2 rings (SSSR count). The Labute approximate surface area is 114 Å². The van der Waals surface area contributed by atoms with Crippen LogP contribution in [0.5, 0.6) is 0 Å². The first-order chi connectivity index (χ1) is 9.21. The van der Waals surface area contributed by atoms with Gasteiger partial charge in [-0.25, -0.2) is 8.42 Å². The minimum atomic E-state index is -4.57. The molecule has 0 saturated heterocycles. The van der Waals surface area contributed by atoms with E-state index in [1.165, 1.54) is 12.1 Å². The van der Waals surface area contributed by atoms with E-state index in [1.807, 2.05) is 0 Å². The van der Waals surface area contributed by atoms with Gasteiger partial charge in [-0.15, -0.1) is 0 Å². The second-order valence-corrected chi connectivity index (χ2v) is 6.29. The highest BCUT2D eigenvalue weighted by atomic mass is 32.2. The van der Waals surface area contributed by atoms with Gasteiger partial charge in [-0.3, -0.25) is 0 Å². The van der Waals surface area contributed by atoms with Crippen LogP contribution >= 0.6 is 0 Å². The van der Waals surface area contributed by atoms with Crippen LogP contribution in [0, 0.1) is 6.92 Å². The van der Waals surface area contributed by atoms with E-state index in [0.29, 0.717) is 6.07 Å². The zero-order chi connectivity index (χ0) is 15.0. The topological polar surface area (TPSA) is 34.1 Å². The summed E-state index contributed by atoms with van der Waals surface area (Å²) in [7, 11) is -3.94. The molecule has 0 heterocycles. The molecule has 0 unspecified atom stereocenters. The number of halogens is 3. The summed E-state index contributed by atoms with van der Waals surface area (Å²) in [6, 6.07) is 9.69. The predicted molar refractivity (Wildman–Crippen MR) is 68.1 cm³/mol. The van der Waals surface area contributed by atoms with Crippen LogP contribution in [0.15, 0.2) is 58.3 Å². The number of aryl methyl sites for hydroxylation is 1. The Hall–Kier alpha value is -1.82. The first-order valence-electron chi connectivity index (χ1n) is 5.70. The maximum atomic E-state index is 12.6. The van der Waals surface area contributed by atoms with Crippen molar-refractivity contribution in [3.8, 4) is 0 Å². The van der Waals surface area contributed by atoms with Gasteiger partial charge < -0.3 is 0 Å². The predicted octanol–water partition coefficient (Wildman–Crippen LogP) is 3.85. The third-order valence-corrected chi connectivity index (χ3v) is 4.57. The fraction of sp³-hybridized carbons (Fsp3) is 0.143. The quantitative estimate of drug-likeness (QED) is 0.844. The Morgan fingerprint density at radius 2 is 1.50 bits per heavy atom. The number of hydrogen-bond donors (Lipinski definition) is 0. The molecule has 0 aliphatic heterocycles. The van der Waals surface area contributed by atoms with Crippen molar-refractivity contribution in [3.05, 3.63) is 59.7 Å². The molecule has 6 heteroatoms. The maximum Gasteiger partial charge on any atom is 0.416 e. The normalized spacial score (nSPS) is 12.4. The third kappa shape index (κ3) is 2.85. The zero-order valence-corrected chi connectivity index (χ0v) is 11.3. The van der Waals surface area contributed by atoms with Gasteiger partial charge in [0.15, 0.2) is 0 Å². The average molecular weight is 300 g/mol. The molecular formula is C14H11F3O2S. The monoisotopic (exact) mass is 300 g/mol. The smallest absolute Gasteiger partial charge is 0.219 e. The number of benzene rings is 2. The molecule has 0 radical (unpaired) electrons. The summed E-state index contributed by atoms with van der Waals surface area (Å²) in [4.78, 5) is -0.390. The molecular weight excluding hydrogens is 289 g/mol. The van der Waals surface area contributed by atoms with Gasteiger partial charge in [0.25, 0.3) is 0 Å². The summed E-state index contributed by atoms with van der Waals surface area (Å²) in [5.74, 6) is 0. The molecule has 0 aliphatic rings. The van der Waals surface area contributed by atoms with Crippen molar-refractivity contribution in [2.75, 3.05) is 0 Å². The lowest BCUT2D eigenvalue weighted by Crippen LogP contribution is -2.08. The first-order valence-corrected chi connectivity index (χ1v) is 7.18. The van der Waals surface area contributed by atoms with Crippen molar-refractivity contribution >= 4 is 9.84 Å². The molecule has 2 aromatic rings. The first kappa shape index (κ1) is 14.6. The van der Waals surface area contributed by atoms with Gasteiger partial charge in [-0.1, -0.05) is 23.8 Å². The van der Waals surface area contributed by atoms with Gasteiger partial charge in [0.05, 0.1) is 15.4 Å². The molecule has 0 saturated carbocycles. The highest BCUT2D eigenvalue weighted by Crippen LogP contribution is 2.31. The number of hydrogen-bond acceptors (Lipinski definition) is 2. The van der Waals surface area contributed by atoms with Crippen LogP contribution in [-0.2, 0) is 16.0 Å². The molecule has 0 atom stereocenters.